The molecule has 0 saturated heterocycles. The highest BCUT2D eigenvalue weighted by molar-refractivity contribution is 7.16. The number of aryl methyl sites for hydroxylation is 1. The van der Waals surface area contributed by atoms with Crippen LogP contribution < -0.4 is 24.3 Å². The van der Waals surface area contributed by atoms with Gasteiger partial charge in [0, 0.05) is 16.5 Å². The molecule has 1 heterocycles. The second-order valence-electron chi connectivity index (χ2n) is 6.41. The van der Waals surface area contributed by atoms with E-state index in [0.717, 1.165) is 10.4 Å². The molecule has 0 spiro atoms. The smallest absolute Gasteiger partial charge is 0.327 e. The van der Waals surface area contributed by atoms with Crippen molar-refractivity contribution in [3.8, 4) is 34.3 Å². The monoisotopic (exact) mass is 459 g/mol. The minimum absolute atomic E-state index is 0.0186. The number of ether oxygens (including phenoxy) is 4. The van der Waals surface area contributed by atoms with Gasteiger partial charge < -0.3 is 18.9 Å². The second kappa shape index (κ2) is 9.52. The highest BCUT2D eigenvalue weighted by atomic mass is 32.1. The Morgan fingerprint density at radius 3 is 2.22 bits per heavy atom. The van der Waals surface area contributed by atoms with E-state index in [2.05, 4.69) is 10.3 Å². The second-order valence-corrected chi connectivity index (χ2v) is 7.61. The summed E-state index contributed by atoms with van der Waals surface area (Å²) in [6.45, 7) is 1.87. The molecule has 0 fully saturated rings. The van der Waals surface area contributed by atoms with Crippen molar-refractivity contribution in [1.82, 2.24) is 4.98 Å². The van der Waals surface area contributed by atoms with Gasteiger partial charge in [0.05, 0.1) is 39.1 Å². The third-order valence-corrected chi connectivity index (χ3v) is 5.50. The number of carbonyl (C=O) groups is 1. The van der Waals surface area contributed by atoms with Crippen LogP contribution in [-0.4, -0.2) is 44.3 Å². The van der Waals surface area contributed by atoms with Crippen LogP contribution in [0.15, 0.2) is 30.3 Å². The highest BCUT2D eigenvalue weighted by Gasteiger charge is 2.32. The van der Waals surface area contributed by atoms with Crippen LogP contribution in [0.3, 0.4) is 0 Å². The van der Waals surface area contributed by atoms with E-state index >= 15 is 0 Å². The summed E-state index contributed by atoms with van der Waals surface area (Å²) in [7, 11) is 5.51. The molecule has 0 aliphatic heterocycles. The first-order valence-electron chi connectivity index (χ1n) is 9.25. The van der Waals surface area contributed by atoms with E-state index in [1.165, 1.54) is 38.7 Å². The van der Waals surface area contributed by atoms with Gasteiger partial charge in [-0.15, -0.1) is 11.3 Å². The van der Waals surface area contributed by atoms with Crippen LogP contribution in [-0.2, 0) is 0 Å². The highest BCUT2D eigenvalue weighted by Crippen LogP contribution is 2.46. The first-order valence-corrected chi connectivity index (χ1v) is 10.1. The quantitative estimate of drug-likeness (QED) is 0.390. The Kier molecular flexibility index (Phi) is 6.79. The number of nitrogens with zero attached hydrogens (tertiary/aromatic N) is 2. The van der Waals surface area contributed by atoms with Gasteiger partial charge in [-0.25, -0.2) is 4.98 Å². The van der Waals surface area contributed by atoms with Gasteiger partial charge in [-0.1, -0.05) is 0 Å². The Morgan fingerprint density at radius 1 is 1.03 bits per heavy atom. The van der Waals surface area contributed by atoms with Crippen LogP contribution in [0.1, 0.15) is 15.2 Å². The number of anilines is 1. The van der Waals surface area contributed by atoms with E-state index in [4.69, 9.17) is 18.9 Å². The van der Waals surface area contributed by atoms with Crippen LogP contribution >= 0.6 is 11.3 Å². The molecule has 1 aromatic heterocycles. The summed E-state index contributed by atoms with van der Waals surface area (Å²) in [6, 6.07) is 8.57. The third kappa shape index (κ3) is 4.28. The van der Waals surface area contributed by atoms with E-state index in [0.29, 0.717) is 16.6 Å². The zero-order valence-electron chi connectivity index (χ0n) is 18.0. The molecule has 3 aromatic rings. The molecular weight excluding hydrogens is 438 g/mol. The number of benzene rings is 2. The van der Waals surface area contributed by atoms with Crippen molar-refractivity contribution in [3.63, 3.8) is 0 Å². The largest absolute Gasteiger partial charge is 0.497 e. The molecule has 32 heavy (non-hydrogen) atoms. The standard InChI is InChI=1S/C21H21N3O7S/c1-11-16(12-6-8-13(28-2)9-7-12)22-21(32-11)23-20(25)14-10-15(29-3)18(30-4)19(31-5)17(14)24(26)27/h6-10H,1-5H3,(H,22,23,25). The Labute approximate surface area is 187 Å². The Bertz CT molecular complexity index is 1160. The van der Waals surface area contributed by atoms with Crippen molar-refractivity contribution in [2.75, 3.05) is 33.8 Å². The zero-order valence-corrected chi connectivity index (χ0v) is 18.9. The number of thiazole rings is 1. The zero-order chi connectivity index (χ0) is 23.4. The molecule has 0 radical (unpaired) electrons. The lowest BCUT2D eigenvalue weighted by Gasteiger charge is -2.14. The fraction of sp³-hybridized carbons (Fsp3) is 0.238. The van der Waals surface area contributed by atoms with Gasteiger partial charge in [0.15, 0.2) is 10.9 Å². The van der Waals surface area contributed by atoms with Crippen LogP contribution in [0.4, 0.5) is 10.8 Å². The lowest BCUT2D eigenvalue weighted by molar-refractivity contribution is -0.386. The first kappa shape index (κ1) is 22.8. The maximum Gasteiger partial charge on any atom is 0.327 e. The van der Waals surface area contributed by atoms with E-state index in [1.54, 1.807) is 7.11 Å². The SMILES string of the molecule is COc1ccc(-c2nc(NC(=O)c3cc(OC)c(OC)c(OC)c3[N+](=O)[O-])sc2C)cc1. The van der Waals surface area contributed by atoms with Crippen LogP contribution in [0, 0.1) is 17.0 Å². The van der Waals surface area contributed by atoms with Gasteiger partial charge in [0.2, 0.25) is 11.5 Å². The Balaban J connectivity index is 1.99. The van der Waals surface area contributed by atoms with Gasteiger partial charge in [-0.3, -0.25) is 20.2 Å². The molecule has 0 aliphatic carbocycles. The molecule has 1 N–H and O–H groups in total. The van der Waals surface area contributed by atoms with Gasteiger partial charge in [-0.2, -0.15) is 0 Å². The summed E-state index contributed by atoms with van der Waals surface area (Å²) >= 11 is 1.25. The maximum absolute atomic E-state index is 13.0. The molecule has 0 bridgehead atoms. The predicted octanol–water partition coefficient (Wildman–Crippen LogP) is 4.31. The predicted molar refractivity (Wildman–Crippen MR) is 120 cm³/mol. The number of amides is 1. The molecule has 11 heteroatoms. The molecule has 0 aliphatic rings. The number of nitrogens with one attached hydrogen (secondary N) is 1. The number of nitro benzene ring substituents is 1. The molecule has 1 amide bonds. The maximum atomic E-state index is 13.0. The van der Waals surface area contributed by atoms with Gasteiger partial charge in [0.25, 0.3) is 5.91 Å². The van der Waals surface area contributed by atoms with Crippen molar-refractivity contribution >= 4 is 28.1 Å². The number of nitro groups is 1. The van der Waals surface area contributed by atoms with Crippen molar-refractivity contribution in [2.24, 2.45) is 0 Å². The number of hydrogen-bond acceptors (Lipinski definition) is 9. The average molecular weight is 459 g/mol. The fourth-order valence-corrected chi connectivity index (χ4v) is 3.96. The van der Waals surface area contributed by atoms with Crippen LogP contribution in [0.25, 0.3) is 11.3 Å². The Hall–Kier alpha value is -3.86. The molecule has 0 saturated carbocycles. The van der Waals surface area contributed by atoms with Crippen LogP contribution in [0.5, 0.6) is 23.0 Å². The topological polar surface area (TPSA) is 122 Å². The number of hydrogen-bond donors (Lipinski definition) is 1. The number of methoxy groups -OCH3 is 4. The van der Waals surface area contributed by atoms with E-state index in [9.17, 15) is 14.9 Å². The third-order valence-electron chi connectivity index (χ3n) is 4.61. The molecular formula is C21H21N3O7S. The van der Waals surface area contributed by atoms with E-state index < -0.39 is 16.5 Å². The lowest BCUT2D eigenvalue weighted by atomic mass is 10.1. The van der Waals surface area contributed by atoms with Crippen LogP contribution in [0.2, 0.25) is 0 Å². The number of aromatic nitrogens is 1. The number of rotatable bonds is 8. The summed E-state index contributed by atoms with van der Waals surface area (Å²) in [5.74, 6) is -0.0911. The fourth-order valence-electron chi connectivity index (χ4n) is 3.13. The average Bonchev–Trinajstić information content (AvgIpc) is 3.16. The minimum atomic E-state index is -0.731. The van der Waals surface area contributed by atoms with Gasteiger partial charge >= 0.3 is 5.69 Å². The molecule has 2 aromatic carbocycles. The molecule has 3 rings (SSSR count). The summed E-state index contributed by atoms with van der Waals surface area (Å²) in [5, 5.41) is 14.7. The molecule has 10 nitrogen and oxygen atoms in total. The lowest BCUT2D eigenvalue weighted by Crippen LogP contribution is -2.15. The summed E-state index contributed by atoms with van der Waals surface area (Å²) in [4.78, 5) is 29.4. The summed E-state index contributed by atoms with van der Waals surface area (Å²) in [5.41, 5.74) is 0.751. The summed E-state index contributed by atoms with van der Waals surface area (Å²) < 4.78 is 20.7. The first-order chi connectivity index (χ1) is 15.3. The van der Waals surface area contributed by atoms with Crippen molar-refractivity contribution in [2.45, 2.75) is 6.92 Å². The normalized spacial score (nSPS) is 10.4. The molecule has 168 valence electrons. The number of carbonyl (C=O) groups excluding carboxylic acids is 1. The van der Waals surface area contributed by atoms with Crippen molar-refractivity contribution < 1.29 is 28.7 Å². The van der Waals surface area contributed by atoms with Crippen molar-refractivity contribution in [1.29, 1.82) is 0 Å². The van der Waals surface area contributed by atoms with E-state index in [1.807, 2.05) is 31.2 Å². The van der Waals surface area contributed by atoms with Gasteiger partial charge in [-0.05, 0) is 31.2 Å². The minimum Gasteiger partial charge on any atom is -0.497 e. The molecule has 0 unspecified atom stereocenters. The van der Waals surface area contributed by atoms with Gasteiger partial charge in [0.1, 0.15) is 11.3 Å². The van der Waals surface area contributed by atoms with E-state index in [-0.39, 0.29) is 22.8 Å². The van der Waals surface area contributed by atoms with Crippen molar-refractivity contribution in [3.05, 3.63) is 50.9 Å². The molecule has 0 atom stereocenters. The Morgan fingerprint density at radius 2 is 1.69 bits per heavy atom. The summed E-state index contributed by atoms with van der Waals surface area (Å²) in [6.07, 6.45) is 0.